The van der Waals surface area contributed by atoms with Gasteiger partial charge in [0.25, 0.3) is 0 Å². The molecule has 0 spiro atoms. The molecule has 0 aromatic heterocycles. The van der Waals surface area contributed by atoms with E-state index in [9.17, 15) is 13.2 Å². The molecule has 6 heteroatoms. The first-order chi connectivity index (χ1) is 8.33. The zero-order chi connectivity index (χ0) is 15.1. The molecule has 1 aromatic rings. The average Bonchev–Trinajstić information content (AvgIpc) is 2.12. The Labute approximate surface area is 112 Å². The van der Waals surface area contributed by atoms with E-state index in [4.69, 9.17) is 10.2 Å². The first kappa shape index (κ1) is 15.9. The molecule has 0 fully saturated rings. The molecular formula is C13H20F3NOSi. The van der Waals surface area contributed by atoms with Crippen LogP contribution in [0.1, 0.15) is 26.3 Å². The predicted molar refractivity (Wildman–Crippen MR) is 73.7 cm³/mol. The van der Waals surface area contributed by atoms with Crippen molar-refractivity contribution in [3.05, 3.63) is 23.8 Å². The number of nitrogens with two attached hydrogens (primary N) is 1. The smallest absolute Gasteiger partial charge is 0.416 e. The Balaban J connectivity index is 3.13. The topological polar surface area (TPSA) is 35.2 Å². The highest BCUT2D eigenvalue weighted by Crippen LogP contribution is 2.39. The van der Waals surface area contributed by atoms with Crippen molar-refractivity contribution in [1.82, 2.24) is 0 Å². The quantitative estimate of drug-likeness (QED) is 0.634. The summed E-state index contributed by atoms with van der Waals surface area (Å²) in [5, 5.41) is -0.0873. The third-order valence-electron chi connectivity index (χ3n) is 3.44. The fourth-order valence-corrected chi connectivity index (χ4v) is 2.31. The van der Waals surface area contributed by atoms with E-state index in [-0.39, 0.29) is 16.5 Å². The van der Waals surface area contributed by atoms with E-state index in [1.165, 1.54) is 6.07 Å². The molecule has 108 valence electrons. The summed E-state index contributed by atoms with van der Waals surface area (Å²) in [5.74, 6) is 0.193. The molecule has 1 rings (SSSR count). The van der Waals surface area contributed by atoms with Crippen molar-refractivity contribution >= 4 is 14.0 Å². The van der Waals surface area contributed by atoms with Crippen LogP contribution in [-0.2, 0) is 6.18 Å². The summed E-state index contributed by atoms with van der Waals surface area (Å²) >= 11 is 0. The van der Waals surface area contributed by atoms with Crippen LogP contribution in [-0.4, -0.2) is 8.32 Å². The lowest BCUT2D eigenvalue weighted by molar-refractivity contribution is -0.137. The molecule has 0 aliphatic heterocycles. The van der Waals surface area contributed by atoms with Crippen LogP contribution in [0.15, 0.2) is 18.2 Å². The van der Waals surface area contributed by atoms with Crippen molar-refractivity contribution in [1.29, 1.82) is 0 Å². The van der Waals surface area contributed by atoms with E-state index in [0.717, 1.165) is 12.1 Å². The van der Waals surface area contributed by atoms with Crippen LogP contribution in [0.3, 0.4) is 0 Å². The zero-order valence-electron chi connectivity index (χ0n) is 11.9. The van der Waals surface area contributed by atoms with Crippen molar-refractivity contribution in [2.45, 2.75) is 45.1 Å². The molecule has 0 atom stereocenters. The van der Waals surface area contributed by atoms with Crippen LogP contribution in [0.5, 0.6) is 5.75 Å². The Hall–Kier alpha value is -1.17. The number of hydrogen-bond donors (Lipinski definition) is 1. The number of alkyl halides is 3. The molecule has 1 aromatic carbocycles. The molecule has 0 unspecified atom stereocenters. The van der Waals surface area contributed by atoms with Gasteiger partial charge in [-0.15, -0.1) is 0 Å². The van der Waals surface area contributed by atoms with Gasteiger partial charge in [0.1, 0.15) is 5.75 Å². The van der Waals surface area contributed by atoms with Crippen molar-refractivity contribution < 1.29 is 17.6 Å². The molecule has 0 aliphatic carbocycles. The largest absolute Gasteiger partial charge is 0.543 e. The van der Waals surface area contributed by atoms with Crippen LogP contribution in [0.4, 0.5) is 18.9 Å². The van der Waals surface area contributed by atoms with Gasteiger partial charge in [-0.25, -0.2) is 0 Å². The normalized spacial score (nSPS) is 13.5. The molecule has 0 saturated heterocycles. The lowest BCUT2D eigenvalue weighted by Gasteiger charge is -2.36. The minimum Gasteiger partial charge on any atom is -0.543 e. The van der Waals surface area contributed by atoms with Crippen molar-refractivity contribution in [2.75, 3.05) is 5.73 Å². The van der Waals surface area contributed by atoms with E-state index < -0.39 is 20.1 Å². The van der Waals surface area contributed by atoms with Gasteiger partial charge >= 0.3 is 6.18 Å². The number of anilines is 1. The summed E-state index contributed by atoms with van der Waals surface area (Å²) in [6, 6.07) is 3.37. The molecule has 0 amide bonds. The monoisotopic (exact) mass is 291 g/mol. The highest BCUT2D eigenvalue weighted by atomic mass is 28.4. The number of rotatable bonds is 2. The van der Waals surface area contributed by atoms with E-state index in [1.807, 2.05) is 33.9 Å². The van der Waals surface area contributed by atoms with Gasteiger partial charge in [-0.3, -0.25) is 0 Å². The lowest BCUT2D eigenvalue weighted by Crippen LogP contribution is -2.43. The zero-order valence-corrected chi connectivity index (χ0v) is 12.9. The Morgan fingerprint density at radius 1 is 1.05 bits per heavy atom. The van der Waals surface area contributed by atoms with Gasteiger partial charge in [0.2, 0.25) is 8.32 Å². The number of benzene rings is 1. The van der Waals surface area contributed by atoms with Gasteiger partial charge in [-0.1, -0.05) is 20.8 Å². The van der Waals surface area contributed by atoms with E-state index in [2.05, 4.69) is 0 Å². The predicted octanol–water partition coefficient (Wildman–Crippen LogP) is 4.67. The molecule has 0 saturated carbocycles. The Kier molecular flexibility index (Phi) is 3.96. The van der Waals surface area contributed by atoms with Crippen molar-refractivity contribution in [3.63, 3.8) is 0 Å². The van der Waals surface area contributed by atoms with Crippen LogP contribution in [0.2, 0.25) is 18.1 Å². The van der Waals surface area contributed by atoms with Gasteiger partial charge in [0, 0.05) is 11.8 Å². The molecule has 0 bridgehead atoms. The van der Waals surface area contributed by atoms with Crippen molar-refractivity contribution in [3.8, 4) is 5.75 Å². The Bertz CT molecular complexity index is 464. The maximum Gasteiger partial charge on any atom is 0.416 e. The van der Waals surface area contributed by atoms with Crippen molar-refractivity contribution in [2.24, 2.45) is 0 Å². The third-order valence-corrected chi connectivity index (χ3v) is 7.79. The molecule has 0 heterocycles. The summed E-state index contributed by atoms with van der Waals surface area (Å²) in [7, 11) is -2.17. The van der Waals surface area contributed by atoms with Crippen LogP contribution < -0.4 is 10.2 Å². The van der Waals surface area contributed by atoms with Gasteiger partial charge < -0.3 is 10.2 Å². The SMILES string of the molecule is CC(C)(C)[Si](C)(C)Oc1cc(N)cc(C(F)(F)F)c1. The first-order valence-corrected chi connectivity index (χ1v) is 8.90. The molecule has 19 heavy (non-hydrogen) atoms. The summed E-state index contributed by atoms with van der Waals surface area (Å²) in [6.45, 7) is 10.0. The van der Waals surface area contributed by atoms with Crippen LogP contribution in [0.25, 0.3) is 0 Å². The highest BCUT2D eigenvalue weighted by Gasteiger charge is 2.39. The van der Waals surface area contributed by atoms with E-state index >= 15 is 0 Å². The molecular weight excluding hydrogens is 271 g/mol. The fourth-order valence-electron chi connectivity index (χ4n) is 1.29. The maximum atomic E-state index is 12.7. The van der Waals surface area contributed by atoms with Gasteiger partial charge in [0.15, 0.2) is 0 Å². The summed E-state index contributed by atoms with van der Waals surface area (Å²) in [5.41, 5.74) is 4.80. The van der Waals surface area contributed by atoms with Gasteiger partial charge in [-0.2, -0.15) is 13.2 Å². The first-order valence-electron chi connectivity index (χ1n) is 6.00. The second-order valence-electron chi connectivity index (χ2n) is 6.15. The molecule has 2 nitrogen and oxygen atoms in total. The Morgan fingerprint density at radius 3 is 2.00 bits per heavy atom. The van der Waals surface area contributed by atoms with Gasteiger partial charge in [-0.05, 0) is 30.3 Å². The van der Waals surface area contributed by atoms with Crippen LogP contribution in [0, 0.1) is 0 Å². The maximum absolute atomic E-state index is 12.7. The molecule has 2 N–H and O–H groups in total. The second kappa shape index (κ2) is 4.74. The summed E-state index contributed by atoms with van der Waals surface area (Å²) in [4.78, 5) is 0. The van der Waals surface area contributed by atoms with E-state index in [0.29, 0.717) is 0 Å². The number of hydrogen-bond acceptors (Lipinski definition) is 2. The Morgan fingerprint density at radius 2 is 1.58 bits per heavy atom. The standard InChI is InChI=1S/C13H20F3NOSi/c1-12(2,3)19(4,5)18-11-7-9(13(14,15)16)6-10(17)8-11/h6-8H,17H2,1-5H3. The number of halogens is 3. The minimum absolute atomic E-state index is 0.0588. The number of nitrogen functional groups attached to an aromatic ring is 1. The minimum atomic E-state index is -4.42. The van der Waals surface area contributed by atoms with E-state index in [1.54, 1.807) is 0 Å². The second-order valence-corrected chi connectivity index (χ2v) is 10.9. The fraction of sp³-hybridized carbons (Fsp3) is 0.538. The van der Waals surface area contributed by atoms with Crippen LogP contribution >= 0.6 is 0 Å². The highest BCUT2D eigenvalue weighted by molar-refractivity contribution is 6.74. The summed E-state index contributed by atoms with van der Waals surface area (Å²) < 4.78 is 44.0. The summed E-state index contributed by atoms with van der Waals surface area (Å²) in [6.07, 6.45) is -4.42. The molecule has 0 radical (unpaired) electrons. The lowest BCUT2D eigenvalue weighted by atomic mass is 10.2. The third kappa shape index (κ3) is 3.89. The van der Waals surface area contributed by atoms with Gasteiger partial charge in [0.05, 0.1) is 5.56 Å². The molecule has 0 aliphatic rings. The average molecular weight is 291 g/mol.